The molecule has 0 aromatic heterocycles. The Morgan fingerprint density at radius 2 is 1.30 bits per heavy atom. The van der Waals surface area contributed by atoms with Crippen molar-refractivity contribution in [1.29, 1.82) is 0 Å². The average molecular weight is 325 g/mol. The Balaban J connectivity index is 2.23. The fraction of sp³-hybridized carbons (Fsp3) is 0. The Morgan fingerprint density at radius 3 is 1.87 bits per heavy atom. The number of benzene rings is 3. The summed E-state index contributed by atoms with van der Waals surface area (Å²) in [6.45, 7) is 0. The van der Waals surface area contributed by atoms with Crippen LogP contribution < -0.4 is 4.52 Å². The van der Waals surface area contributed by atoms with Crippen LogP contribution in [0.25, 0.3) is 22.3 Å². The third kappa shape index (κ3) is 3.17. The van der Waals surface area contributed by atoms with Gasteiger partial charge >= 0.3 is 8.69 Å². The second-order valence-electron chi connectivity index (χ2n) is 4.96. The van der Waals surface area contributed by atoms with Crippen LogP contribution >= 0.6 is 8.69 Å². The molecule has 0 bridgehead atoms. The molecular formula is C18H14O4P+. The van der Waals surface area contributed by atoms with Crippen LogP contribution in [0.2, 0.25) is 0 Å². The van der Waals surface area contributed by atoms with Gasteiger partial charge in [0, 0.05) is 5.56 Å². The van der Waals surface area contributed by atoms with Crippen molar-refractivity contribution in [3.63, 3.8) is 0 Å². The Hall–Kier alpha value is -2.84. The monoisotopic (exact) mass is 325 g/mol. The van der Waals surface area contributed by atoms with Crippen molar-refractivity contribution >= 4 is 8.69 Å². The van der Waals surface area contributed by atoms with Gasteiger partial charge in [0.2, 0.25) is 0 Å². The van der Waals surface area contributed by atoms with E-state index < -0.39 is 8.69 Å². The van der Waals surface area contributed by atoms with Crippen LogP contribution in [-0.4, -0.2) is 10.2 Å². The van der Waals surface area contributed by atoms with Gasteiger partial charge < -0.3 is 10.2 Å². The van der Waals surface area contributed by atoms with Crippen LogP contribution in [0.5, 0.6) is 17.2 Å². The van der Waals surface area contributed by atoms with Crippen molar-refractivity contribution in [2.24, 2.45) is 0 Å². The van der Waals surface area contributed by atoms with Crippen LogP contribution in [0.4, 0.5) is 0 Å². The van der Waals surface area contributed by atoms with E-state index in [-0.39, 0.29) is 11.5 Å². The van der Waals surface area contributed by atoms with Crippen molar-refractivity contribution in [2.75, 3.05) is 0 Å². The molecule has 1 atom stereocenters. The molecule has 0 amide bonds. The van der Waals surface area contributed by atoms with E-state index in [0.29, 0.717) is 5.75 Å². The molecule has 4 nitrogen and oxygen atoms in total. The molecular weight excluding hydrogens is 311 g/mol. The van der Waals surface area contributed by atoms with Gasteiger partial charge in [-0.15, -0.1) is 0 Å². The maximum Gasteiger partial charge on any atom is 0.542 e. The Labute approximate surface area is 134 Å². The molecule has 3 aromatic carbocycles. The molecule has 0 fully saturated rings. The van der Waals surface area contributed by atoms with Crippen LogP contribution in [0, 0.1) is 0 Å². The quantitative estimate of drug-likeness (QED) is 0.679. The van der Waals surface area contributed by atoms with Crippen LogP contribution in [-0.2, 0) is 4.57 Å². The van der Waals surface area contributed by atoms with Crippen molar-refractivity contribution < 1.29 is 19.3 Å². The summed E-state index contributed by atoms with van der Waals surface area (Å²) in [6.07, 6.45) is 0. The van der Waals surface area contributed by atoms with Gasteiger partial charge in [-0.1, -0.05) is 36.4 Å². The molecule has 2 N–H and O–H groups in total. The summed E-state index contributed by atoms with van der Waals surface area (Å²) >= 11 is 0. The molecule has 0 aliphatic rings. The van der Waals surface area contributed by atoms with Gasteiger partial charge in [0.05, 0.1) is 0 Å². The topological polar surface area (TPSA) is 66.8 Å². The fourth-order valence-electron chi connectivity index (χ4n) is 2.47. The summed E-state index contributed by atoms with van der Waals surface area (Å²) in [5, 5.41) is 19.0. The van der Waals surface area contributed by atoms with E-state index >= 15 is 0 Å². The minimum atomic E-state index is -0.913. The SMILES string of the molecule is O=[PH+]Oc1cccc(-c2ccc(O)cc2)c1-c1ccc(O)cc1. The zero-order valence-corrected chi connectivity index (χ0v) is 13.1. The molecule has 5 heteroatoms. The maximum atomic E-state index is 11.0. The van der Waals surface area contributed by atoms with Crippen LogP contribution in [0.1, 0.15) is 0 Å². The first-order valence-electron chi connectivity index (χ1n) is 6.95. The lowest BCUT2D eigenvalue weighted by Gasteiger charge is -2.12. The minimum Gasteiger partial charge on any atom is -0.508 e. The minimum absolute atomic E-state index is 0.170. The van der Waals surface area contributed by atoms with Crippen molar-refractivity contribution in [2.45, 2.75) is 0 Å². The molecule has 0 saturated heterocycles. The highest BCUT2D eigenvalue weighted by Gasteiger charge is 2.16. The van der Waals surface area contributed by atoms with E-state index in [4.69, 9.17) is 4.52 Å². The standard InChI is InChI=1S/C18H13O4P/c19-14-8-4-12(5-9-14)16-2-1-3-17(22-23-21)18(16)13-6-10-15(20)11-7-13/h1-11,23H,(H-,19,20)/p+1. The first-order valence-corrected chi connectivity index (χ1v) is 7.76. The maximum absolute atomic E-state index is 11.0. The smallest absolute Gasteiger partial charge is 0.508 e. The largest absolute Gasteiger partial charge is 0.542 e. The van der Waals surface area contributed by atoms with Gasteiger partial charge in [-0.3, -0.25) is 4.52 Å². The second-order valence-corrected chi connectivity index (χ2v) is 5.33. The van der Waals surface area contributed by atoms with Gasteiger partial charge in [-0.25, -0.2) is 0 Å². The molecule has 0 saturated carbocycles. The normalized spacial score (nSPS) is 10.6. The van der Waals surface area contributed by atoms with Crippen molar-refractivity contribution in [3.8, 4) is 39.5 Å². The van der Waals surface area contributed by atoms with E-state index in [0.717, 1.165) is 22.3 Å². The third-order valence-corrected chi connectivity index (χ3v) is 3.82. The third-order valence-electron chi connectivity index (χ3n) is 3.51. The van der Waals surface area contributed by atoms with Crippen molar-refractivity contribution in [1.82, 2.24) is 0 Å². The summed E-state index contributed by atoms with van der Waals surface area (Å²) in [4.78, 5) is 0. The summed E-state index contributed by atoms with van der Waals surface area (Å²) in [6, 6.07) is 19.0. The molecule has 3 rings (SSSR count). The van der Waals surface area contributed by atoms with Gasteiger partial charge in [0.1, 0.15) is 11.5 Å². The number of hydrogen-bond donors (Lipinski definition) is 2. The van der Waals surface area contributed by atoms with Crippen LogP contribution in [0.3, 0.4) is 0 Å². The molecule has 0 aliphatic heterocycles. The molecule has 1 unspecified atom stereocenters. The Morgan fingerprint density at radius 1 is 0.739 bits per heavy atom. The molecule has 0 radical (unpaired) electrons. The lowest BCUT2D eigenvalue weighted by atomic mass is 9.93. The number of hydrogen-bond acceptors (Lipinski definition) is 4. The van der Waals surface area contributed by atoms with E-state index in [1.807, 2.05) is 12.1 Å². The molecule has 0 spiro atoms. The van der Waals surface area contributed by atoms with Gasteiger partial charge in [0.25, 0.3) is 0 Å². The highest BCUT2D eigenvalue weighted by atomic mass is 31.1. The van der Waals surface area contributed by atoms with Gasteiger partial charge in [-0.2, -0.15) is 0 Å². The molecule has 23 heavy (non-hydrogen) atoms. The zero-order chi connectivity index (χ0) is 16.2. The number of rotatable bonds is 4. The number of phenols is 2. The Bertz CT molecular complexity index is 827. The molecule has 0 aliphatic carbocycles. The predicted octanol–water partition coefficient (Wildman–Crippen LogP) is 4.75. The summed E-state index contributed by atoms with van der Waals surface area (Å²) in [5.41, 5.74) is 3.39. The van der Waals surface area contributed by atoms with Gasteiger partial charge in [-0.05, 0) is 51.6 Å². The van der Waals surface area contributed by atoms with Gasteiger partial charge in [0.15, 0.2) is 5.75 Å². The lowest BCUT2D eigenvalue weighted by Crippen LogP contribution is -1.89. The average Bonchev–Trinajstić information content (AvgIpc) is 2.57. The van der Waals surface area contributed by atoms with Crippen molar-refractivity contribution in [3.05, 3.63) is 66.7 Å². The van der Waals surface area contributed by atoms with E-state index in [9.17, 15) is 14.8 Å². The summed E-state index contributed by atoms with van der Waals surface area (Å²) in [5.74, 6) is 0.854. The number of phenolic OH excluding ortho intramolecular Hbond substituents is 2. The molecule has 114 valence electrons. The van der Waals surface area contributed by atoms with E-state index in [1.165, 1.54) is 0 Å². The fourth-order valence-corrected chi connectivity index (χ4v) is 2.73. The first-order chi connectivity index (χ1) is 11.2. The number of aromatic hydroxyl groups is 2. The van der Waals surface area contributed by atoms with Crippen LogP contribution in [0.15, 0.2) is 66.7 Å². The second kappa shape index (κ2) is 6.51. The zero-order valence-electron chi connectivity index (χ0n) is 12.1. The molecule has 0 heterocycles. The highest BCUT2D eigenvalue weighted by molar-refractivity contribution is 7.17. The first kappa shape index (κ1) is 15.1. The highest BCUT2D eigenvalue weighted by Crippen LogP contribution is 2.40. The predicted molar refractivity (Wildman–Crippen MR) is 90.3 cm³/mol. The van der Waals surface area contributed by atoms with E-state index in [1.54, 1.807) is 54.6 Å². The summed E-state index contributed by atoms with van der Waals surface area (Å²) < 4.78 is 16.2. The summed E-state index contributed by atoms with van der Waals surface area (Å²) in [7, 11) is -0.913. The van der Waals surface area contributed by atoms with E-state index in [2.05, 4.69) is 0 Å². The Kier molecular flexibility index (Phi) is 4.26. The lowest BCUT2D eigenvalue weighted by molar-refractivity contribution is 0.475. The molecule has 3 aromatic rings.